The summed E-state index contributed by atoms with van der Waals surface area (Å²) >= 11 is 0. The predicted molar refractivity (Wildman–Crippen MR) is 71.8 cm³/mol. The molecule has 0 spiro atoms. The van der Waals surface area contributed by atoms with Crippen LogP contribution in [0.3, 0.4) is 0 Å². The fourth-order valence-corrected chi connectivity index (χ4v) is 2.54. The fraction of sp³-hybridized carbons (Fsp3) is 0.600. The lowest BCUT2D eigenvalue weighted by Gasteiger charge is -2.25. The van der Waals surface area contributed by atoms with Gasteiger partial charge in [0, 0.05) is 0 Å². The molecule has 1 heterocycles. The molecule has 0 aliphatic carbocycles. The fourth-order valence-electron chi connectivity index (χ4n) is 2.54. The minimum atomic E-state index is 0.249. The molecule has 0 unspecified atom stereocenters. The lowest BCUT2D eigenvalue weighted by atomic mass is 9.87. The van der Waals surface area contributed by atoms with Gasteiger partial charge in [0.25, 0.3) is 0 Å². The Morgan fingerprint density at radius 1 is 1.24 bits per heavy atom. The van der Waals surface area contributed by atoms with E-state index >= 15 is 0 Å². The maximum Gasteiger partial charge on any atom is 0.119 e. The smallest absolute Gasteiger partial charge is 0.119 e. The molecule has 17 heavy (non-hydrogen) atoms. The maximum atomic E-state index is 5.79. The topological polar surface area (TPSA) is 21.3 Å². The number of piperidine rings is 1. The second-order valence-corrected chi connectivity index (χ2v) is 5.21. The second kappa shape index (κ2) is 5.54. The van der Waals surface area contributed by atoms with Crippen molar-refractivity contribution in [2.75, 3.05) is 13.1 Å². The lowest BCUT2D eigenvalue weighted by molar-refractivity contribution is 0.242. The summed E-state index contributed by atoms with van der Waals surface area (Å²) in [5.74, 6) is 1.71. The molecule has 0 radical (unpaired) electrons. The molecule has 2 rings (SSSR count). The molecule has 0 amide bonds. The largest absolute Gasteiger partial charge is 0.491 e. The van der Waals surface area contributed by atoms with Crippen molar-refractivity contribution >= 4 is 0 Å². The van der Waals surface area contributed by atoms with E-state index in [0.717, 1.165) is 18.8 Å². The molecule has 1 saturated heterocycles. The highest BCUT2D eigenvalue weighted by atomic mass is 16.5. The molecule has 1 fully saturated rings. The zero-order valence-corrected chi connectivity index (χ0v) is 11.1. The summed E-state index contributed by atoms with van der Waals surface area (Å²) in [5, 5.41) is 3.42. The van der Waals surface area contributed by atoms with Gasteiger partial charge < -0.3 is 10.1 Å². The van der Waals surface area contributed by atoms with E-state index in [1.165, 1.54) is 24.0 Å². The second-order valence-electron chi connectivity index (χ2n) is 5.21. The summed E-state index contributed by atoms with van der Waals surface area (Å²) in [5.41, 5.74) is 2.87. The van der Waals surface area contributed by atoms with E-state index in [2.05, 4.69) is 44.3 Å². The van der Waals surface area contributed by atoms with Crippen molar-refractivity contribution in [3.63, 3.8) is 0 Å². The summed E-state index contributed by atoms with van der Waals surface area (Å²) in [4.78, 5) is 0. The first-order valence-corrected chi connectivity index (χ1v) is 6.64. The molecule has 1 aromatic rings. The summed E-state index contributed by atoms with van der Waals surface area (Å²) in [7, 11) is 0. The van der Waals surface area contributed by atoms with E-state index in [4.69, 9.17) is 4.74 Å². The van der Waals surface area contributed by atoms with Gasteiger partial charge in [-0.25, -0.2) is 0 Å². The van der Waals surface area contributed by atoms with Crippen molar-refractivity contribution in [3.05, 3.63) is 29.3 Å². The minimum absolute atomic E-state index is 0.249. The van der Waals surface area contributed by atoms with Gasteiger partial charge >= 0.3 is 0 Å². The maximum absolute atomic E-state index is 5.79. The van der Waals surface area contributed by atoms with Crippen LogP contribution in [-0.4, -0.2) is 19.2 Å². The zero-order valence-electron chi connectivity index (χ0n) is 11.1. The molecule has 94 valence electrons. The molecule has 2 heteroatoms. The zero-order chi connectivity index (χ0) is 12.3. The summed E-state index contributed by atoms with van der Waals surface area (Å²) < 4.78 is 5.79. The van der Waals surface area contributed by atoms with Crippen LogP contribution in [0, 0.1) is 6.92 Å². The average Bonchev–Trinajstić information content (AvgIpc) is 2.32. The van der Waals surface area contributed by atoms with Crippen molar-refractivity contribution in [2.24, 2.45) is 0 Å². The Balaban J connectivity index is 2.19. The molecule has 1 aliphatic rings. The van der Waals surface area contributed by atoms with Crippen LogP contribution < -0.4 is 10.1 Å². The average molecular weight is 233 g/mol. The van der Waals surface area contributed by atoms with Gasteiger partial charge in [-0.1, -0.05) is 6.07 Å². The Bertz CT molecular complexity index is 367. The van der Waals surface area contributed by atoms with Crippen LogP contribution in [0.15, 0.2) is 18.2 Å². The standard InChI is InChI=1S/C15H23NO/c1-11(2)17-14-5-4-12(3)15(10-14)13-6-8-16-9-7-13/h4-5,10-11,13,16H,6-9H2,1-3H3. The van der Waals surface area contributed by atoms with Gasteiger partial charge in [0.15, 0.2) is 0 Å². The van der Waals surface area contributed by atoms with E-state index < -0.39 is 0 Å². The van der Waals surface area contributed by atoms with E-state index in [1.807, 2.05) is 0 Å². The van der Waals surface area contributed by atoms with Crippen molar-refractivity contribution in [1.29, 1.82) is 0 Å². The molecule has 0 aromatic heterocycles. The first kappa shape index (κ1) is 12.4. The SMILES string of the molecule is Cc1ccc(OC(C)C)cc1C1CCNCC1. The monoisotopic (exact) mass is 233 g/mol. The van der Waals surface area contributed by atoms with Crippen LogP contribution in [0.2, 0.25) is 0 Å². The van der Waals surface area contributed by atoms with Crippen molar-refractivity contribution in [3.8, 4) is 5.75 Å². The third kappa shape index (κ3) is 3.22. The van der Waals surface area contributed by atoms with Crippen LogP contribution >= 0.6 is 0 Å². The highest BCUT2D eigenvalue weighted by Crippen LogP contribution is 2.30. The summed E-state index contributed by atoms with van der Waals surface area (Å²) in [6.07, 6.45) is 2.73. The number of rotatable bonds is 3. The van der Waals surface area contributed by atoms with Gasteiger partial charge in [-0.2, -0.15) is 0 Å². The highest BCUT2D eigenvalue weighted by molar-refractivity contribution is 5.37. The van der Waals surface area contributed by atoms with E-state index in [-0.39, 0.29) is 6.10 Å². The van der Waals surface area contributed by atoms with Crippen molar-refractivity contribution in [1.82, 2.24) is 5.32 Å². The number of ether oxygens (including phenoxy) is 1. The molecular weight excluding hydrogens is 210 g/mol. The first-order chi connectivity index (χ1) is 8.16. The Kier molecular flexibility index (Phi) is 4.06. The molecule has 0 saturated carbocycles. The van der Waals surface area contributed by atoms with Gasteiger partial charge in [0.05, 0.1) is 6.10 Å². The third-order valence-electron chi connectivity index (χ3n) is 3.40. The van der Waals surface area contributed by atoms with Crippen LogP contribution in [-0.2, 0) is 0 Å². The highest BCUT2D eigenvalue weighted by Gasteiger charge is 2.17. The van der Waals surface area contributed by atoms with Gasteiger partial charge in [-0.3, -0.25) is 0 Å². The quantitative estimate of drug-likeness (QED) is 0.865. The summed E-state index contributed by atoms with van der Waals surface area (Å²) in [6, 6.07) is 6.51. The molecule has 1 aliphatic heterocycles. The van der Waals surface area contributed by atoms with E-state index in [1.54, 1.807) is 0 Å². The molecular formula is C15H23NO. The Labute approximate surface area is 104 Å². The van der Waals surface area contributed by atoms with Gasteiger partial charge in [0.2, 0.25) is 0 Å². The van der Waals surface area contributed by atoms with Gasteiger partial charge in [-0.05, 0) is 75.9 Å². The normalized spacial score (nSPS) is 17.4. The van der Waals surface area contributed by atoms with Crippen molar-refractivity contribution < 1.29 is 4.74 Å². The molecule has 1 N–H and O–H groups in total. The first-order valence-electron chi connectivity index (χ1n) is 6.64. The number of benzene rings is 1. The van der Waals surface area contributed by atoms with Crippen molar-refractivity contribution in [2.45, 2.75) is 45.6 Å². The van der Waals surface area contributed by atoms with E-state index in [0.29, 0.717) is 5.92 Å². The lowest BCUT2D eigenvalue weighted by Crippen LogP contribution is -2.27. The van der Waals surface area contributed by atoms with Crippen LogP contribution in [0.5, 0.6) is 5.75 Å². The number of hydrogen-bond donors (Lipinski definition) is 1. The minimum Gasteiger partial charge on any atom is -0.491 e. The number of aryl methyl sites for hydroxylation is 1. The molecule has 1 aromatic carbocycles. The number of nitrogens with one attached hydrogen (secondary N) is 1. The molecule has 0 atom stereocenters. The Morgan fingerprint density at radius 3 is 2.59 bits per heavy atom. The third-order valence-corrected chi connectivity index (χ3v) is 3.40. The predicted octanol–water partition coefficient (Wildman–Crippen LogP) is 3.25. The van der Waals surface area contributed by atoms with Crippen LogP contribution in [0.1, 0.15) is 43.7 Å². The number of hydrogen-bond acceptors (Lipinski definition) is 2. The Morgan fingerprint density at radius 2 is 1.94 bits per heavy atom. The molecule has 0 bridgehead atoms. The molecule has 2 nitrogen and oxygen atoms in total. The Hall–Kier alpha value is -1.02. The van der Waals surface area contributed by atoms with Gasteiger partial charge in [0.1, 0.15) is 5.75 Å². The van der Waals surface area contributed by atoms with E-state index in [9.17, 15) is 0 Å². The van der Waals surface area contributed by atoms with Gasteiger partial charge in [-0.15, -0.1) is 0 Å². The summed E-state index contributed by atoms with van der Waals surface area (Å²) in [6.45, 7) is 8.63. The van der Waals surface area contributed by atoms with Crippen LogP contribution in [0.4, 0.5) is 0 Å². The van der Waals surface area contributed by atoms with Crippen LogP contribution in [0.25, 0.3) is 0 Å².